The normalized spacial score (nSPS) is 25.6. The molecule has 0 radical (unpaired) electrons. The van der Waals surface area contributed by atoms with Crippen molar-refractivity contribution in [3.05, 3.63) is 29.3 Å². The number of halogens is 3. The highest BCUT2D eigenvalue weighted by Crippen LogP contribution is 2.37. The van der Waals surface area contributed by atoms with Crippen LogP contribution in [0.5, 0.6) is 5.75 Å². The molecule has 166 valence electrons. The van der Waals surface area contributed by atoms with Gasteiger partial charge in [-0.05, 0) is 88.0 Å². The second-order valence-corrected chi connectivity index (χ2v) is 9.02. The highest BCUT2D eigenvalue weighted by molar-refractivity contribution is 5.81. The van der Waals surface area contributed by atoms with Crippen molar-refractivity contribution in [3.63, 3.8) is 0 Å². The standard InChI is InChI=1S/C23H31F3N2O2/c24-23(25,26)22(29)27-18-6-4-16(5-7-18)8-12-28-13-9-17(10-14-28)19-2-1-3-21-20(19)11-15-30-21/h1-3,16-18H,4-15H2,(H,27,29). The Hall–Kier alpha value is -1.76. The maximum absolute atomic E-state index is 12.4. The number of rotatable bonds is 5. The van der Waals surface area contributed by atoms with Gasteiger partial charge in [0, 0.05) is 18.0 Å². The summed E-state index contributed by atoms with van der Waals surface area (Å²) in [5.74, 6) is 0.434. The number of likely N-dealkylation sites (tertiary alicyclic amines) is 1. The minimum absolute atomic E-state index is 0.331. The predicted octanol–water partition coefficient (Wildman–Crippen LogP) is 4.43. The van der Waals surface area contributed by atoms with Crippen molar-refractivity contribution < 1.29 is 22.7 Å². The zero-order chi connectivity index (χ0) is 21.1. The summed E-state index contributed by atoms with van der Waals surface area (Å²) in [6, 6.07) is 6.12. The van der Waals surface area contributed by atoms with Crippen LogP contribution in [0, 0.1) is 5.92 Å². The molecule has 3 aliphatic rings. The van der Waals surface area contributed by atoms with Gasteiger partial charge >= 0.3 is 12.1 Å². The topological polar surface area (TPSA) is 41.6 Å². The quantitative estimate of drug-likeness (QED) is 0.761. The van der Waals surface area contributed by atoms with Crippen molar-refractivity contribution in [3.8, 4) is 5.75 Å². The smallest absolute Gasteiger partial charge is 0.471 e. The Kier molecular flexibility index (Phi) is 6.56. The van der Waals surface area contributed by atoms with Crippen molar-refractivity contribution >= 4 is 5.91 Å². The average molecular weight is 425 g/mol. The summed E-state index contributed by atoms with van der Waals surface area (Å²) in [6.45, 7) is 4.07. The van der Waals surface area contributed by atoms with Gasteiger partial charge in [0.05, 0.1) is 6.61 Å². The molecule has 7 heteroatoms. The van der Waals surface area contributed by atoms with Crippen LogP contribution in [0.2, 0.25) is 0 Å². The van der Waals surface area contributed by atoms with Gasteiger partial charge in [-0.1, -0.05) is 12.1 Å². The summed E-state index contributed by atoms with van der Waals surface area (Å²) >= 11 is 0. The van der Waals surface area contributed by atoms with E-state index in [9.17, 15) is 18.0 Å². The molecule has 4 nitrogen and oxygen atoms in total. The lowest BCUT2D eigenvalue weighted by molar-refractivity contribution is -0.174. The Morgan fingerprint density at radius 3 is 2.53 bits per heavy atom. The maximum atomic E-state index is 12.4. The zero-order valence-corrected chi connectivity index (χ0v) is 17.3. The van der Waals surface area contributed by atoms with Crippen molar-refractivity contribution in [1.82, 2.24) is 10.2 Å². The number of carbonyl (C=O) groups excluding carboxylic acids is 1. The van der Waals surface area contributed by atoms with Gasteiger partial charge in [0.25, 0.3) is 0 Å². The maximum Gasteiger partial charge on any atom is 0.471 e. The number of alkyl halides is 3. The number of nitrogens with zero attached hydrogens (tertiary/aromatic N) is 1. The SMILES string of the molecule is O=C(NC1CCC(CCN2CCC(c3cccc4c3CCO4)CC2)CC1)C(F)(F)F. The monoisotopic (exact) mass is 424 g/mol. The third-order valence-corrected chi connectivity index (χ3v) is 7.10. The summed E-state index contributed by atoms with van der Waals surface area (Å²) < 4.78 is 42.9. The minimum atomic E-state index is -4.78. The molecule has 1 aromatic rings. The van der Waals surface area contributed by atoms with E-state index in [4.69, 9.17) is 4.74 Å². The molecule has 0 unspecified atom stereocenters. The molecule has 1 saturated heterocycles. The van der Waals surface area contributed by atoms with Crippen LogP contribution in [0.4, 0.5) is 13.2 Å². The first-order valence-electron chi connectivity index (χ1n) is 11.2. The second kappa shape index (κ2) is 9.16. The van der Waals surface area contributed by atoms with E-state index in [1.807, 2.05) is 0 Å². The van der Waals surface area contributed by atoms with Crippen LogP contribution in [-0.4, -0.2) is 49.3 Å². The lowest BCUT2D eigenvalue weighted by Gasteiger charge is -2.35. The summed E-state index contributed by atoms with van der Waals surface area (Å²) in [6.07, 6.45) is 2.78. The molecule has 0 bridgehead atoms. The van der Waals surface area contributed by atoms with Gasteiger partial charge < -0.3 is 15.0 Å². The molecule has 2 aliphatic heterocycles. The van der Waals surface area contributed by atoms with Crippen LogP contribution in [0.3, 0.4) is 0 Å². The van der Waals surface area contributed by atoms with Gasteiger partial charge in [-0.25, -0.2) is 0 Å². The fourth-order valence-corrected chi connectivity index (χ4v) is 5.33. The van der Waals surface area contributed by atoms with Gasteiger partial charge in [-0.3, -0.25) is 4.79 Å². The second-order valence-electron chi connectivity index (χ2n) is 9.02. The first kappa shape index (κ1) is 21.5. The molecule has 1 N–H and O–H groups in total. The highest BCUT2D eigenvalue weighted by atomic mass is 19.4. The minimum Gasteiger partial charge on any atom is -0.493 e. The number of benzene rings is 1. The molecule has 30 heavy (non-hydrogen) atoms. The Morgan fingerprint density at radius 1 is 1.10 bits per heavy atom. The van der Waals surface area contributed by atoms with Crippen LogP contribution in [-0.2, 0) is 11.2 Å². The van der Waals surface area contributed by atoms with E-state index in [0.717, 1.165) is 57.7 Å². The Bertz CT molecular complexity index is 736. The van der Waals surface area contributed by atoms with Crippen LogP contribution < -0.4 is 10.1 Å². The van der Waals surface area contributed by atoms with E-state index in [1.54, 1.807) is 0 Å². The van der Waals surface area contributed by atoms with E-state index in [2.05, 4.69) is 28.4 Å². The molecule has 1 saturated carbocycles. The molecule has 2 heterocycles. The zero-order valence-electron chi connectivity index (χ0n) is 17.3. The van der Waals surface area contributed by atoms with E-state index < -0.39 is 12.1 Å². The number of hydrogen-bond acceptors (Lipinski definition) is 3. The highest BCUT2D eigenvalue weighted by Gasteiger charge is 2.40. The number of piperidine rings is 1. The third-order valence-electron chi connectivity index (χ3n) is 7.10. The van der Waals surface area contributed by atoms with Crippen LogP contribution in [0.1, 0.15) is 62.0 Å². The summed E-state index contributed by atoms with van der Waals surface area (Å²) in [5, 5.41) is 2.14. The summed E-state index contributed by atoms with van der Waals surface area (Å²) in [5.41, 5.74) is 2.88. The average Bonchev–Trinajstić information content (AvgIpc) is 3.22. The first-order valence-corrected chi connectivity index (χ1v) is 11.2. The number of carbonyl (C=O) groups is 1. The number of ether oxygens (including phenoxy) is 1. The molecule has 1 aromatic carbocycles. The van der Waals surface area contributed by atoms with E-state index in [-0.39, 0.29) is 6.04 Å². The van der Waals surface area contributed by atoms with Crippen molar-refractivity contribution in [2.45, 2.75) is 69.5 Å². The molecule has 1 aliphatic carbocycles. The predicted molar refractivity (Wildman–Crippen MR) is 109 cm³/mol. The lowest BCUT2D eigenvalue weighted by atomic mass is 9.83. The molecule has 0 atom stereocenters. The Labute approximate surface area is 176 Å². The van der Waals surface area contributed by atoms with E-state index in [1.165, 1.54) is 24.0 Å². The van der Waals surface area contributed by atoms with E-state index >= 15 is 0 Å². The van der Waals surface area contributed by atoms with Crippen LogP contribution in [0.25, 0.3) is 0 Å². The Morgan fingerprint density at radius 2 is 1.83 bits per heavy atom. The van der Waals surface area contributed by atoms with Crippen molar-refractivity contribution in [2.75, 3.05) is 26.2 Å². The van der Waals surface area contributed by atoms with Gasteiger partial charge in [0.15, 0.2) is 0 Å². The molecule has 1 amide bonds. The van der Waals surface area contributed by atoms with Gasteiger partial charge in [0.2, 0.25) is 0 Å². The fraction of sp³-hybridized carbons (Fsp3) is 0.696. The molecule has 0 aromatic heterocycles. The van der Waals surface area contributed by atoms with Crippen molar-refractivity contribution in [2.24, 2.45) is 5.92 Å². The van der Waals surface area contributed by atoms with E-state index in [0.29, 0.717) is 24.7 Å². The first-order chi connectivity index (χ1) is 14.4. The number of nitrogens with one attached hydrogen (secondary N) is 1. The molecule has 4 rings (SSSR count). The van der Waals surface area contributed by atoms with Gasteiger partial charge in [-0.15, -0.1) is 0 Å². The van der Waals surface area contributed by atoms with Crippen LogP contribution in [0.15, 0.2) is 18.2 Å². The number of amides is 1. The fourth-order valence-electron chi connectivity index (χ4n) is 5.33. The van der Waals surface area contributed by atoms with Crippen molar-refractivity contribution in [1.29, 1.82) is 0 Å². The third kappa shape index (κ3) is 5.10. The largest absolute Gasteiger partial charge is 0.493 e. The molecular weight excluding hydrogens is 393 g/mol. The van der Waals surface area contributed by atoms with Crippen LogP contribution >= 0.6 is 0 Å². The summed E-state index contributed by atoms with van der Waals surface area (Å²) in [7, 11) is 0. The lowest BCUT2D eigenvalue weighted by Crippen LogP contribution is -2.44. The molecule has 0 spiro atoms. The Balaban J connectivity index is 1.17. The molecule has 2 fully saturated rings. The van der Waals surface area contributed by atoms with Gasteiger partial charge in [-0.2, -0.15) is 13.2 Å². The molecular formula is C23H31F3N2O2. The number of hydrogen-bond donors (Lipinski definition) is 1. The van der Waals surface area contributed by atoms with Gasteiger partial charge in [0.1, 0.15) is 5.75 Å². The summed E-state index contributed by atoms with van der Waals surface area (Å²) in [4.78, 5) is 13.6. The number of fused-ring (bicyclic) bond motifs is 1.